The summed E-state index contributed by atoms with van der Waals surface area (Å²) in [6, 6.07) is 10.1. The average molecular weight is 237 g/mol. The fraction of sp³-hybridized carbons (Fsp3) is 0.462. The number of aliphatic hydroxyl groups is 1. The van der Waals surface area contributed by atoms with E-state index in [9.17, 15) is 4.79 Å². The number of carbonyl (C=O) groups is 1. The van der Waals surface area contributed by atoms with Gasteiger partial charge in [0.05, 0.1) is 0 Å². The molecule has 4 heteroatoms. The summed E-state index contributed by atoms with van der Waals surface area (Å²) in [5, 5.41) is 20.8. The van der Waals surface area contributed by atoms with E-state index in [2.05, 4.69) is 17.4 Å². The highest BCUT2D eigenvalue weighted by Crippen LogP contribution is 2.01. The van der Waals surface area contributed by atoms with Gasteiger partial charge in [-0.05, 0) is 31.4 Å². The molecule has 0 aromatic heterocycles. The molecule has 0 fully saturated rings. The quantitative estimate of drug-likeness (QED) is 0.598. The van der Waals surface area contributed by atoms with E-state index in [1.54, 1.807) is 0 Å². The summed E-state index contributed by atoms with van der Waals surface area (Å²) in [4.78, 5) is 10.3. The summed E-state index contributed by atoms with van der Waals surface area (Å²) in [6.45, 7) is 1.66. The summed E-state index contributed by atoms with van der Waals surface area (Å²) in [5.74, 6) is -1.14. The third kappa shape index (κ3) is 6.04. The summed E-state index contributed by atoms with van der Waals surface area (Å²) in [7, 11) is 0. The Hall–Kier alpha value is -1.39. The maximum absolute atomic E-state index is 10.3. The molecular formula is C13H19NO3. The molecule has 17 heavy (non-hydrogen) atoms. The Labute approximate surface area is 101 Å². The van der Waals surface area contributed by atoms with Crippen LogP contribution < -0.4 is 5.32 Å². The smallest absolute Gasteiger partial charge is 0.332 e. The first-order chi connectivity index (χ1) is 8.20. The number of hydrogen-bond acceptors (Lipinski definition) is 3. The molecule has 0 bridgehead atoms. The lowest BCUT2D eigenvalue weighted by Gasteiger charge is -2.06. The van der Waals surface area contributed by atoms with Crippen LogP contribution in [0.25, 0.3) is 0 Å². The van der Waals surface area contributed by atoms with Crippen molar-refractivity contribution in [2.24, 2.45) is 0 Å². The van der Waals surface area contributed by atoms with Crippen molar-refractivity contribution in [2.45, 2.75) is 31.9 Å². The van der Waals surface area contributed by atoms with Gasteiger partial charge >= 0.3 is 5.97 Å². The van der Waals surface area contributed by atoms with Crippen LogP contribution >= 0.6 is 0 Å². The molecule has 1 atom stereocenters. The van der Waals surface area contributed by atoms with E-state index in [1.165, 1.54) is 5.56 Å². The van der Waals surface area contributed by atoms with Gasteiger partial charge in [-0.2, -0.15) is 0 Å². The van der Waals surface area contributed by atoms with Gasteiger partial charge in [-0.1, -0.05) is 30.3 Å². The van der Waals surface area contributed by atoms with Crippen molar-refractivity contribution in [3.63, 3.8) is 0 Å². The molecule has 94 valence electrons. The molecule has 4 nitrogen and oxygen atoms in total. The molecule has 0 saturated carbocycles. The lowest BCUT2D eigenvalue weighted by atomic mass is 10.1. The number of carboxylic acid groups (broad SMARTS) is 1. The Morgan fingerprint density at radius 3 is 2.59 bits per heavy atom. The molecular weight excluding hydrogens is 218 g/mol. The van der Waals surface area contributed by atoms with Crippen molar-refractivity contribution in [3.05, 3.63) is 35.9 Å². The number of nitrogens with one attached hydrogen (secondary N) is 1. The normalized spacial score (nSPS) is 12.3. The molecule has 0 heterocycles. The Morgan fingerprint density at radius 2 is 1.94 bits per heavy atom. The lowest BCUT2D eigenvalue weighted by molar-refractivity contribution is -0.146. The number of unbranched alkanes of at least 4 members (excludes halogenated alkanes) is 1. The minimum absolute atomic E-state index is 0.322. The molecule has 0 aliphatic carbocycles. The highest BCUT2D eigenvalue weighted by molar-refractivity contribution is 5.71. The largest absolute Gasteiger partial charge is 0.479 e. The van der Waals surface area contributed by atoms with Gasteiger partial charge in [-0.25, -0.2) is 4.79 Å². The third-order valence-corrected chi connectivity index (χ3v) is 2.54. The number of aliphatic hydroxyl groups excluding tert-OH is 1. The Balaban J connectivity index is 2.00. The number of benzene rings is 1. The predicted molar refractivity (Wildman–Crippen MR) is 65.6 cm³/mol. The maximum Gasteiger partial charge on any atom is 0.332 e. The summed E-state index contributed by atoms with van der Waals surface area (Å²) in [6.07, 6.45) is 0.693. The number of rotatable bonds is 8. The molecule has 0 aliphatic rings. The van der Waals surface area contributed by atoms with Crippen LogP contribution in [0.4, 0.5) is 0 Å². The van der Waals surface area contributed by atoms with E-state index >= 15 is 0 Å². The van der Waals surface area contributed by atoms with Crippen LogP contribution in [0.15, 0.2) is 30.3 Å². The Kier molecular flexibility index (Phi) is 6.29. The van der Waals surface area contributed by atoms with E-state index in [-0.39, 0.29) is 0 Å². The molecule has 0 radical (unpaired) electrons. The molecule has 1 aromatic rings. The van der Waals surface area contributed by atoms with Crippen LogP contribution in [0.5, 0.6) is 0 Å². The second-order valence-corrected chi connectivity index (χ2v) is 4.01. The SMILES string of the molecule is O=C(O)C(O)CCCCNCc1ccccc1. The van der Waals surface area contributed by atoms with Gasteiger partial charge in [0.1, 0.15) is 0 Å². The van der Waals surface area contributed by atoms with Crippen molar-refractivity contribution in [2.75, 3.05) is 6.54 Å². The molecule has 0 amide bonds. The first-order valence-electron chi connectivity index (χ1n) is 5.85. The Bertz CT molecular complexity index is 327. The van der Waals surface area contributed by atoms with Gasteiger partial charge in [0.25, 0.3) is 0 Å². The first kappa shape index (κ1) is 13.7. The predicted octanol–water partition coefficient (Wildman–Crippen LogP) is 1.39. The maximum atomic E-state index is 10.3. The monoisotopic (exact) mass is 237 g/mol. The van der Waals surface area contributed by atoms with Crippen LogP contribution in [-0.2, 0) is 11.3 Å². The standard InChI is InChI=1S/C13H19NO3/c15-12(13(16)17)8-4-5-9-14-10-11-6-2-1-3-7-11/h1-3,6-7,12,14-15H,4-5,8-10H2,(H,16,17). The summed E-state index contributed by atoms with van der Waals surface area (Å²) >= 11 is 0. The zero-order chi connectivity index (χ0) is 12.5. The molecule has 0 aliphatic heterocycles. The number of hydrogen-bond donors (Lipinski definition) is 3. The minimum Gasteiger partial charge on any atom is -0.479 e. The van der Waals surface area contributed by atoms with E-state index in [0.717, 1.165) is 25.9 Å². The highest BCUT2D eigenvalue weighted by atomic mass is 16.4. The molecule has 0 saturated heterocycles. The van der Waals surface area contributed by atoms with Crippen LogP contribution in [-0.4, -0.2) is 28.8 Å². The van der Waals surface area contributed by atoms with E-state index in [1.807, 2.05) is 18.2 Å². The zero-order valence-electron chi connectivity index (χ0n) is 9.80. The first-order valence-corrected chi connectivity index (χ1v) is 5.85. The van der Waals surface area contributed by atoms with Crippen LogP contribution in [0.1, 0.15) is 24.8 Å². The van der Waals surface area contributed by atoms with Crippen molar-refractivity contribution in [1.29, 1.82) is 0 Å². The lowest BCUT2D eigenvalue weighted by Crippen LogP contribution is -2.20. The fourth-order valence-corrected chi connectivity index (χ4v) is 1.54. The van der Waals surface area contributed by atoms with Crippen LogP contribution in [0, 0.1) is 0 Å². The second kappa shape index (κ2) is 7.81. The van der Waals surface area contributed by atoms with Gasteiger partial charge < -0.3 is 15.5 Å². The second-order valence-electron chi connectivity index (χ2n) is 4.01. The molecule has 0 spiro atoms. The van der Waals surface area contributed by atoms with Crippen LogP contribution in [0.3, 0.4) is 0 Å². The van der Waals surface area contributed by atoms with Gasteiger partial charge in [0.15, 0.2) is 6.10 Å². The van der Waals surface area contributed by atoms with Gasteiger partial charge in [-0.3, -0.25) is 0 Å². The van der Waals surface area contributed by atoms with Crippen molar-refractivity contribution >= 4 is 5.97 Å². The molecule has 1 unspecified atom stereocenters. The number of aliphatic carboxylic acids is 1. The van der Waals surface area contributed by atoms with Crippen molar-refractivity contribution in [1.82, 2.24) is 5.32 Å². The molecule has 3 N–H and O–H groups in total. The summed E-state index contributed by atoms with van der Waals surface area (Å²) < 4.78 is 0. The van der Waals surface area contributed by atoms with Gasteiger partial charge in [0.2, 0.25) is 0 Å². The zero-order valence-corrected chi connectivity index (χ0v) is 9.80. The van der Waals surface area contributed by atoms with E-state index < -0.39 is 12.1 Å². The topological polar surface area (TPSA) is 69.6 Å². The number of carboxylic acids is 1. The molecule has 1 rings (SSSR count). The van der Waals surface area contributed by atoms with Crippen LogP contribution in [0.2, 0.25) is 0 Å². The van der Waals surface area contributed by atoms with Gasteiger partial charge in [-0.15, -0.1) is 0 Å². The summed E-state index contributed by atoms with van der Waals surface area (Å²) in [5.41, 5.74) is 1.23. The third-order valence-electron chi connectivity index (χ3n) is 2.54. The van der Waals surface area contributed by atoms with E-state index in [0.29, 0.717) is 6.42 Å². The molecule has 1 aromatic carbocycles. The van der Waals surface area contributed by atoms with Crippen molar-refractivity contribution < 1.29 is 15.0 Å². The highest BCUT2D eigenvalue weighted by Gasteiger charge is 2.11. The van der Waals surface area contributed by atoms with Gasteiger partial charge in [0, 0.05) is 6.54 Å². The Morgan fingerprint density at radius 1 is 1.24 bits per heavy atom. The van der Waals surface area contributed by atoms with E-state index in [4.69, 9.17) is 10.2 Å². The minimum atomic E-state index is -1.22. The average Bonchev–Trinajstić information content (AvgIpc) is 2.34. The van der Waals surface area contributed by atoms with Crippen molar-refractivity contribution in [3.8, 4) is 0 Å². The fourth-order valence-electron chi connectivity index (χ4n) is 1.54.